The van der Waals surface area contributed by atoms with Crippen molar-refractivity contribution in [3.63, 3.8) is 0 Å². The Morgan fingerprint density at radius 3 is 2.86 bits per heavy atom. The number of carbonyl (C=O) groups is 1. The summed E-state index contributed by atoms with van der Waals surface area (Å²) < 4.78 is 0. The SMILES string of the molecule is NC(=O)CCNCC1CC2C=CC1C2. The Kier molecular flexibility index (Phi) is 2.87. The van der Waals surface area contributed by atoms with Crippen LogP contribution in [0.3, 0.4) is 0 Å². The average molecular weight is 194 g/mol. The van der Waals surface area contributed by atoms with Crippen LogP contribution in [-0.2, 0) is 4.79 Å². The molecule has 3 heteroatoms. The van der Waals surface area contributed by atoms with Crippen molar-refractivity contribution in [3.8, 4) is 0 Å². The van der Waals surface area contributed by atoms with Crippen LogP contribution >= 0.6 is 0 Å². The van der Waals surface area contributed by atoms with E-state index in [4.69, 9.17) is 5.73 Å². The minimum atomic E-state index is -0.217. The number of hydrogen-bond acceptors (Lipinski definition) is 2. The van der Waals surface area contributed by atoms with Gasteiger partial charge in [0.25, 0.3) is 0 Å². The lowest BCUT2D eigenvalue weighted by molar-refractivity contribution is -0.117. The molecule has 0 heterocycles. The van der Waals surface area contributed by atoms with Gasteiger partial charge in [0.15, 0.2) is 0 Å². The molecule has 0 aromatic rings. The number of allylic oxidation sites excluding steroid dienone is 2. The van der Waals surface area contributed by atoms with E-state index >= 15 is 0 Å². The first-order valence-corrected chi connectivity index (χ1v) is 5.43. The van der Waals surface area contributed by atoms with Crippen LogP contribution in [0.15, 0.2) is 12.2 Å². The molecule has 0 saturated heterocycles. The smallest absolute Gasteiger partial charge is 0.218 e. The van der Waals surface area contributed by atoms with E-state index in [0.29, 0.717) is 6.42 Å². The van der Waals surface area contributed by atoms with Gasteiger partial charge in [0, 0.05) is 13.0 Å². The highest BCUT2D eigenvalue weighted by molar-refractivity contribution is 5.73. The number of hydrogen-bond donors (Lipinski definition) is 2. The Labute approximate surface area is 84.7 Å². The van der Waals surface area contributed by atoms with Crippen molar-refractivity contribution in [1.82, 2.24) is 5.32 Å². The molecular weight excluding hydrogens is 176 g/mol. The van der Waals surface area contributed by atoms with E-state index in [1.807, 2.05) is 0 Å². The number of carbonyl (C=O) groups excluding carboxylic acids is 1. The lowest BCUT2D eigenvalue weighted by Crippen LogP contribution is -2.28. The topological polar surface area (TPSA) is 55.1 Å². The van der Waals surface area contributed by atoms with Gasteiger partial charge in [-0.05, 0) is 37.1 Å². The van der Waals surface area contributed by atoms with Gasteiger partial charge in [-0.3, -0.25) is 4.79 Å². The van der Waals surface area contributed by atoms with Crippen molar-refractivity contribution in [3.05, 3.63) is 12.2 Å². The fourth-order valence-electron chi connectivity index (χ4n) is 2.63. The van der Waals surface area contributed by atoms with Gasteiger partial charge in [0.2, 0.25) is 5.91 Å². The first-order chi connectivity index (χ1) is 6.75. The van der Waals surface area contributed by atoms with E-state index in [2.05, 4.69) is 17.5 Å². The molecule has 3 unspecified atom stereocenters. The number of amides is 1. The summed E-state index contributed by atoms with van der Waals surface area (Å²) in [5, 5.41) is 3.31. The van der Waals surface area contributed by atoms with Gasteiger partial charge in [-0.25, -0.2) is 0 Å². The van der Waals surface area contributed by atoms with Crippen LogP contribution in [0.2, 0.25) is 0 Å². The highest BCUT2D eigenvalue weighted by Gasteiger charge is 2.34. The van der Waals surface area contributed by atoms with E-state index < -0.39 is 0 Å². The molecule has 0 aromatic heterocycles. The van der Waals surface area contributed by atoms with Crippen LogP contribution in [0.4, 0.5) is 0 Å². The average Bonchev–Trinajstić information content (AvgIpc) is 2.73. The van der Waals surface area contributed by atoms with Crippen molar-refractivity contribution >= 4 is 5.91 Å². The molecule has 0 aromatic carbocycles. The normalized spacial score (nSPS) is 33.9. The van der Waals surface area contributed by atoms with Crippen LogP contribution in [-0.4, -0.2) is 19.0 Å². The predicted octanol–water partition coefficient (Wildman–Crippen LogP) is 0.664. The van der Waals surface area contributed by atoms with E-state index in [-0.39, 0.29) is 5.91 Å². The molecule has 3 N–H and O–H groups in total. The number of primary amides is 1. The zero-order valence-electron chi connectivity index (χ0n) is 8.41. The Bertz CT molecular complexity index is 250. The maximum absolute atomic E-state index is 10.5. The monoisotopic (exact) mass is 194 g/mol. The van der Waals surface area contributed by atoms with E-state index in [0.717, 1.165) is 30.8 Å². The molecule has 2 rings (SSSR count). The summed E-state index contributed by atoms with van der Waals surface area (Å²) in [4.78, 5) is 10.5. The Morgan fingerprint density at radius 1 is 1.43 bits per heavy atom. The van der Waals surface area contributed by atoms with Crippen LogP contribution in [0.25, 0.3) is 0 Å². The summed E-state index contributed by atoms with van der Waals surface area (Å²) in [6, 6.07) is 0. The molecule has 0 radical (unpaired) electrons. The quantitative estimate of drug-likeness (QED) is 0.499. The summed E-state index contributed by atoms with van der Waals surface area (Å²) in [5.41, 5.74) is 5.06. The fraction of sp³-hybridized carbons (Fsp3) is 0.727. The maximum Gasteiger partial charge on any atom is 0.218 e. The van der Waals surface area contributed by atoms with Gasteiger partial charge in [-0.2, -0.15) is 0 Å². The standard InChI is InChI=1S/C11H18N2O/c12-11(14)3-4-13-7-10-6-8-1-2-9(10)5-8/h1-2,8-10,13H,3-7H2,(H2,12,14). The largest absolute Gasteiger partial charge is 0.370 e. The summed E-state index contributed by atoms with van der Waals surface area (Å²) in [7, 11) is 0. The lowest BCUT2D eigenvalue weighted by Gasteiger charge is -2.18. The Balaban J connectivity index is 1.63. The molecule has 0 spiro atoms. The van der Waals surface area contributed by atoms with E-state index in [1.54, 1.807) is 0 Å². The Morgan fingerprint density at radius 2 is 2.29 bits per heavy atom. The highest BCUT2D eigenvalue weighted by Crippen LogP contribution is 2.42. The molecule has 2 bridgehead atoms. The molecule has 1 amide bonds. The predicted molar refractivity (Wildman–Crippen MR) is 55.5 cm³/mol. The minimum Gasteiger partial charge on any atom is -0.370 e. The van der Waals surface area contributed by atoms with E-state index in [9.17, 15) is 4.79 Å². The van der Waals surface area contributed by atoms with Gasteiger partial charge in [-0.1, -0.05) is 12.2 Å². The summed E-state index contributed by atoms with van der Waals surface area (Å²) in [5.74, 6) is 2.20. The van der Waals surface area contributed by atoms with Gasteiger partial charge in [0.1, 0.15) is 0 Å². The molecule has 3 atom stereocenters. The molecule has 3 nitrogen and oxygen atoms in total. The molecule has 78 valence electrons. The molecular formula is C11H18N2O. The zero-order chi connectivity index (χ0) is 9.97. The second kappa shape index (κ2) is 4.13. The summed E-state index contributed by atoms with van der Waals surface area (Å²) in [6.45, 7) is 1.77. The van der Waals surface area contributed by atoms with E-state index in [1.165, 1.54) is 12.8 Å². The first-order valence-electron chi connectivity index (χ1n) is 5.43. The summed E-state index contributed by atoms with van der Waals surface area (Å²) >= 11 is 0. The third kappa shape index (κ3) is 2.15. The van der Waals surface area contributed by atoms with Gasteiger partial charge < -0.3 is 11.1 Å². The maximum atomic E-state index is 10.5. The van der Waals surface area contributed by atoms with Crippen molar-refractivity contribution in [2.24, 2.45) is 23.5 Å². The zero-order valence-corrected chi connectivity index (χ0v) is 8.41. The Hall–Kier alpha value is -0.830. The number of rotatable bonds is 5. The third-order valence-electron chi connectivity index (χ3n) is 3.37. The van der Waals surface area contributed by atoms with Crippen LogP contribution in [0.1, 0.15) is 19.3 Å². The second-order valence-corrected chi connectivity index (χ2v) is 4.46. The number of fused-ring (bicyclic) bond motifs is 2. The third-order valence-corrected chi connectivity index (χ3v) is 3.37. The van der Waals surface area contributed by atoms with Gasteiger partial charge in [0.05, 0.1) is 0 Å². The van der Waals surface area contributed by atoms with Gasteiger partial charge >= 0.3 is 0 Å². The van der Waals surface area contributed by atoms with Gasteiger partial charge in [-0.15, -0.1) is 0 Å². The molecule has 14 heavy (non-hydrogen) atoms. The highest BCUT2D eigenvalue weighted by atomic mass is 16.1. The summed E-state index contributed by atoms with van der Waals surface area (Å²) in [6.07, 6.45) is 7.84. The van der Waals surface area contributed by atoms with Crippen LogP contribution in [0, 0.1) is 17.8 Å². The fourth-order valence-corrected chi connectivity index (χ4v) is 2.63. The first kappa shape index (κ1) is 9.71. The molecule has 0 aliphatic heterocycles. The molecule has 1 fully saturated rings. The van der Waals surface area contributed by atoms with Crippen LogP contribution in [0.5, 0.6) is 0 Å². The van der Waals surface area contributed by atoms with Crippen LogP contribution < -0.4 is 11.1 Å². The van der Waals surface area contributed by atoms with Crippen molar-refractivity contribution < 1.29 is 4.79 Å². The van der Waals surface area contributed by atoms with Crippen molar-refractivity contribution in [2.75, 3.05) is 13.1 Å². The second-order valence-electron chi connectivity index (χ2n) is 4.46. The molecule has 2 aliphatic rings. The minimum absolute atomic E-state index is 0.217. The molecule has 2 aliphatic carbocycles. The van der Waals surface area contributed by atoms with Crippen molar-refractivity contribution in [2.45, 2.75) is 19.3 Å². The number of nitrogens with two attached hydrogens (primary N) is 1. The lowest BCUT2D eigenvalue weighted by atomic mass is 9.94. The van der Waals surface area contributed by atoms with Crippen molar-refractivity contribution in [1.29, 1.82) is 0 Å². The molecule has 1 saturated carbocycles. The number of nitrogens with one attached hydrogen (secondary N) is 1.